The van der Waals surface area contributed by atoms with Crippen LogP contribution in [0.5, 0.6) is 0 Å². The number of carbonyl (C=O) groups is 1. The van der Waals surface area contributed by atoms with Gasteiger partial charge in [0.25, 0.3) is 5.91 Å². The van der Waals surface area contributed by atoms with Crippen molar-refractivity contribution in [3.05, 3.63) is 54.2 Å². The third kappa shape index (κ3) is 3.39. The molecule has 0 atom stereocenters. The van der Waals surface area contributed by atoms with Crippen molar-refractivity contribution in [2.24, 2.45) is 0 Å². The van der Waals surface area contributed by atoms with Crippen LogP contribution < -0.4 is 5.32 Å². The lowest BCUT2D eigenvalue weighted by Gasteiger charge is -2.32. The Hall–Kier alpha value is -2.50. The quantitative estimate of drug-likeness (QED) is 0.945. The number of benzene rings is 1. The van der Waals surface area contributed by atoms with Crippen molar-refractivity contribution in [3.63, 3.8) is 0 Å². The van der Waals surface area contributed by atoms with Crippen molar-refractivity contribution in [3.8, 4) is 0 Å². The van der Waals surface area contributed by atoms with Gasteiger partial charge < -0.3 is 10.2 Å². The van der Waals surface area contributed by atoms with E-state index in [2.05, 4.69) is 15.3 Å². The largest absolute Gasteiger partial charge is 0.367 e. The highest BCUT2D eigenvalue weighted by molar-refractivity contribution is 5.94. The van der Waals surface area contributed by atoms with E-state index in [9.17, 15) is 9.18 Å². The van der Waals surface area contributed by atoms with E-state index in [1.807, 2.05) is 6.07 Å². The number of carbonyl (C=O) groups excluding carboxylic acids is 1. The number of aromatic nitrogens is 2. The van der Waals surface area contributed by atoms with E-state index >= 15 is 0 Å². The summed E-state index contributed by atoms with van der Waals surface area (Å²) < 4.78 is 13.2. The zero-order valence-corrected chi connectivity index (χ0v) is 12.1. The van der Waals surface area contributed by atoms with Gasteiger partial charge in [0.15, 0.2) is 0 Å². The fourth-order valence-corrected chi connectivity index (χ4v) is 2.62. The Balaban J connectivity index is 1.56. The van der Waals surface area contributed by atoms with Crippen molar-refractivity contribution in [2.75, 3.05) is 18.4 Å². The maximum Gasteiger partial charge on any atom is 0.253 e. The van der Waals surface area contributed by atoms with E-state index in [1.165, 1.54) is 18.5 Å². The van der Waals surface area contributed by atoms with Gasteiger partial charge in [0.2, 0.25) is 0 Å². The molecule has 0 aliphatic carbocycles. The number of amides is 1. The minimum atomic E-state index is -0.383. The zero-order chi connectivity index (χ0) is 15.4. The summed E-state index contributed by atoms with van der Waals surface area (Å²) in [6.07, 6.45) is 4.87. The second kappa shape index (κ2) is 6.51. The Morgan fingerprint density at radius 2 is 2.09 bits per heavy atom. The monoisotopic (exact) mass is 300 g/mol. The van der Waals surface area contributed by atoms with Crippen molar-refractivity contribution in [1.29, 1.82) is 0 Å². The van der Waals surface area contributed by atoms with E-state index in [1.54, 1.807) is 23.2 Å². The van der Waals surface area contributed by atoms with Gasteiger partial charge in [-0.2, -0.15) is 0 Å². The maximum atomic E-state index is 13.2. The lowest BCUT2D eigenvalue weighted by atomic mass is 10.0. The molecule has 0 radical (unpaired) electrons. The molecule has 114 valence electrons. The van der Waals surface area contributed by atoms with Gasteiger partial charge in [-0.25, -0.2) is 14.4 Å². The fraction of sp³-hybridized carbons (Fsp3) is 0.312. The molecule has 22 heavy (non-hydrogen) atoms. The normalized spacial score (nSPS) is 15.6. The average molecular weight is 300 g/mol. The van der Waals surface area contributed by atoms with Gasteiger partial charge in [-0.1, -0.05) is 6.07 Å². The molecule has 1 fully saturated rings. The third-order valence-electron chi connectivity index (χ3n) is 3.79. The molecule has 1 aromatic carbocycles. The summed E-state index contributed by atoms with van der Waals surface area (Å²) in [4.78, 5) is 22.1. The number of nitrogens with zero attached hydrogens (tertiary/aromatic N) is 3. The van der Waals surface area contributed by atoms with Crippen molar-refractivity contribution in [1.82, 2.24) is 14.9 Å². The molecule has 1 aromatic heterocycles. The first-order valence-electron chi connectivity index (χ1n) is 7.30. The van der Waals surface area contributed by atoms with Crippen LogP contribution >= 0.6 is 0 Å². The number of anilines is 1. The first-order chi connectivity index (χ1) is 10.7. The Morgan fingerprint density at radius 1 is 1.27 bits per heavy atom. The molecule has 1 amide bonds. The van der Waals surface area contributed by atoms with Crippen LogP contribution in [0.15, 0.2) is 42.9 Å². The van der Waals surface area contributed by atoms with Crippen LogP contribution in [-0.2, 0) is 0 Å². The number of hydrogen-bond donors (Lipinski definition) is 1. The van der Waals surface area contributed by atoms with Gasteiger partial charge in [-0.05, 0) is 37.1 Å². The second-order valence-electron chi connectivity index (χ2n) is 5.32. The molecular formula is C16H17FN4O. The van der Waals surface area contributed by atoms with Crippen LogP contribution in [0.4, 0.5) is 10.2 Å². The summed E-state index contributed by atoms with van der Waals surface area (Å²) in [5, 5.41) is 3.34. The molecule has 1 aliphatic heterocycles. The average Bonchev–Trinajstić information content (AvgIpc) is 2.56. The maximum absolute atomic E-state index is 13.2. The number of nitrogens with one attached hydrogen (secondary N) is 1. The second-order valence-corrected chi connectivity index (χ2v) is 5.32. The smallest absolute Gasteiger partial charge is 0.253 e. The van der Waals surface area contributed by atoms with Crippen LogP contribution in [0.25, 0.3) is 0 Å². The van der Waals surface area contributed by atoms with Gasteiger partial charge in [-0.3, -0.25) is 4.79 Å². The van der Waals surface area contributed by atoms with Crippen molar-refractivity contribution in [2.45, 2.75) is 18.9 Å². The van der Waals surface area contributed by atoms with Crippen molar-refractivity contribution < 1.29 is 9.18 Å². The molecule has 0 saturated carbocycles. The predicted molar refractivity (Wildman–Crippen MR) is 81.0 cm³/mol. The summed E-state index contributed by atoms with van der Waals surface area (Å²) >= 11 is 0. The number of halogens is 1. The highest BCUT2D eigenvalue weighted by atomic mass is 19.1. The lowest BCUT2D eigenvalue weighted by molar-refractivity contribution is 0.0718. The van der Waals surface area contributed by atoms with Crippen LogP contribution in [0.1, 0.15) is 23.2 Å². The first kappa shape index (κ1) is 14.4. The summed E-state index contributed by atoms with van der Waals surface area (Å²) in [6, 6.07) is 7.95. The number of piperidine rings is 1. The topological polar surface area (TPSA) is 58.1 Å². The van der Waals surface area contributed by atoms with E-state index in [4.69, 9.17) is 0 Å². The molecular weight excluding hydrogens is 283 g/mol. The highest BCUT2D eigenvalue weighted by Crippen LogP contribution is 2.17. The summed E-state index contributed by atoms with van der Waals surface area (Å²) in [5.41, 5.74) is 0.405. The minimum absolute atomic E-state index is 0.111. The summed E-state index contributed by atoms with van der Waals surface area (Å²) in [6.45, 7) is 1.30. The lowest BCUT2D eigenvalue weighted by Crippen LogP contribution is -2.42. The van der Waals surface area contributed by atoms with Gasteiger partial charge in [0.05, 0.1) is 0 Å². The van der Waals surface area contributed by atoms with E-state index in [0.29, 0.717) is 18.7 Å². The Kier molecular flexibility index (Phi) is 4.27. The predicted octanol–water partition coefficient (Wildman–Crippen LogP) is 2.33. The molecule has 2 heterocycles. The number of likely N-dealkylation sites (tertiary alicyclic amines) is 1. The van der Waals surface area contributed by atoms with Gasteiger partial charge in [-0.15, -0.1) is 0 Å². The molecule has 0 bridgehead atoms. The van der Waals surface area contributed by atoms with Gasteiger partial charge in [0.1, 0.15) is 18.0 Å². The molecule has 1 saturated heterocycles. The summed E-state index contributed by atoms with van der Waals surface area (Å²) in [7, 11) is 0. The molecule has 6 heteroatoms. The van der Waals surface area contributed by atoms with E-state index in [-0.39, 0.29) is 17.8 Å². The van der Waals surface area contributed by atoms with Gasteiger partial charge in [0, 0.05) is 30.9 Å². The fourth-order valence-electron chi connectivity index (χ4n) is 2.62. The molecule has 1 N–H and O–H groups in total. The summed E-state index contributed by atoms with van der Waals surface area (Å²) in [5.74, 6) is 0.302. The molecule has 0 spiro atoms. The SMILES string of the molecule is O=C(c1cccc(F)c1)N1CCC(Nc2ccncn2)CC1. The molecule has 2 aromatic rings. The Bertz CT molecular complexity index is 642. The highest BCUT2D eigenvalue weighted by Gasteiger charge is 2.23. The van der Waals surface area contributed by atoms with Gasteiger partial charge >= 0.3 is 0 Å². The zero-order valence-electron chi connectivity index (χ0n) is 12.1. The van der Waals surface area contributed by atoms with E-state index in [0.717, 1.165) is 18.7 Å². The van der Waals surface area contributed by atoms with Crippen LogP contribution in [0, 0.1) is 5.82 Å². The van der Waals surface area contributed by atoms with Crippen LogP contribution in [0.3, 0.4) is 0 Å². The Morgan fingerprint density at radius 3 is 2.77 bits per heavy atom. The van der Waals surface area contributed by atoms with Crippen LogP contribution in [0.2, 0.25) is 0 Å². The minimum Gasteiger partial charge on any atom is -0.367 e. The number of hydrogen-bond acceptors (Lipinski definition) is 4. The molecule has 1 aliphatic rings. The molecule has 3 rings (SSSR count). The molecule has 0 unspecified atom stereocenters. The standard InChI is InChI=1S/C16H17FN4O/c17-13-3-1-2-12(10-13)16(22)21-8-5-14(6-9-21)20-15-4-7-18-11-19-15/h1-4,7,10-11,14H,5-6,8-9H2,(H,18,19,20). The van der Waals surface area contributed by atoms with E-state index < -0.39 is 0 Å². The first-order valence-corrected chi connectivity index (χ1v) is 7.30. The van der Waals surface area contributed by atoms with Crippen molar-refractivity contribution >= 4 is 11.7 Å². The Labute approximate surface area is 128 Å². The van der Waals surface area contributed by atoms with Crippen LogP contribution in [-0.4, -0.2) is 39.9 Å². The molecule has 5 nitrogen and oxygen atoms in total. The number of rotatable bonds is 3. The third-order valence-corrected chi connectivity index (χ3v) is 3.79.